The van der Waals surface area contributed by atoms with E-state index in [1.165, 1.54) is 0 Å². The molecule has 1 rings (SSSR count). The highest BCUT2D eigenvalue weighted by Crippen LogP contribution is 2.19. The van der Waals surface area contributed by atoms with Crippen LogP contribution in [0.1, 0.15) is 18.2 Å². The van der Waals surface area contributed by atoms with Crippen molar-refractivity contribution in [2.45, 2.75) is 12.6 Å². The molecule has 0 saturated heterocycles. The largest absolute Gasteiger partial charge is 0.265 e. The van der Waals surface area contributed by atoms with Gasteiger partial charge in [-0.15, -0.1) is 6.58 Å². The molecule has 0 aliphatic carbocycles. The van der Waals surface area contributed by atoms with Crippen LogP contribution in [0, 0.1) is 0 Å². The Morgan fingerprint density at radius 2 is 2.18 bits per heavy atom. The van der Waals surface area contributed by atoms with Gasteiger partial charge in [-0.1, -0.05) is 6.08 Å². The van der Waals surface area contributed by atoms with Crippen molar-refractivity contribution in [1.29, 1.82) is 0 Å². The first-order chi connectivity index (χ1) is 5.34. The predicted octanol–water partition coefficient (Wildman–Crippen LogP) is 2.67. The molecule has 0 aliphatic heterocycles. The molecule has 1 nitrogen and oxygen atoms in total. The molecule has 0 saturated carbocycles. The second-order valence-corrected chi connectivity index (χ2v) is 2.27. The van der Waals surface area contributed by atoms with Crippen LogP contribution in [0.4, 0.5) is 4.39 Å². The Hall–Kier alpha value is -1.18. The molecule has 0 radical (unpaired) electrons. The molecule has 0 aromatic carbocycles. The highest BCUT2D eigenvalue weighted by molar-refractivity contribution is 5.13. The third-order valence-corrected chi connectivity index (χ3v) is 1.44. The number of pyridine rings is 1. The number of hydrogen-bond donors (Lipinski definition) is 0. The Balaban J connectivity index is 2.68. The van der Waals surface area contributed by atoms with Crippen molar-refractivity contribution in [2.75, 3.05) is 0 Å². The quantitative estimate of drug-likeness (QED) is 0.605. The van der Waals surface area contributed by atoms with Crippen LogP contribution in [0.3, 0.4) is 0 Å². The lowest BCUT2D eigenvalue weighted by Crippen LogP contribution is -1.88. The normalized spacial score (nSPS) is 12.5. The minimum absolute atomic E-state index is 0.365. The molecule has 0 spiro atoms. The standard InChI is InChI=1S/C9H10FN/c1-2-3-9(10)8-4-6-11-7-5-8/h2,4-7,9H,1,3H2. The van der Waals surface area contributed by atoms with Gasteiger partial charge in [0.15, 0.2) is 0 Å². The van der Waals surface area contributed by atoms with Crippen molar-refractivity contribution in [3.8, 4) is 0 Å². The zero-order chi connectivity index (χ0) is 8.10. The van der Waals surface area contributed by atoms with Gasteiger partial charge in [-0.3, -0.25) is 4.98 Å². The zero-order valence-electron chi connectivity index (χ0n) is 6.20. The van der Waals surface area contributed by atoms with Crippen LogP contribution in [-0.4, -0.2) is 4.98 Å². The van der Waals surface area contributed by atoms with Gasteiger partial charge in [0, 0.05) is 18.8 Å². The van der Waals surface area contributed by atoms with Crippen molar-refractivity contribution in [3.05, 3.63) is 42.7 Å². The lowest BCUT2D eigenvalue weighted by molar-refractivity contribution is 0.347. The predicted molar refractivity (Wildman–Crippen MR) is 42.9 cm³/mol. The number of alkyl halides is 1. The molecular weight excluding hydrogens is 141 g/mol. The topological polar surface area (TPSA) is 12.9 Å². The van der Waals surface area contributed by atoms with Crippen LogP contribution in [0.15, 0.2) is 37.2 Å². The Labute approximate surface area is 65.6 Å². The van der Waals surface area contributed by atoms with E-state index in [1.54, 1.807) is 30.6 Å². The van der Waals surface area contributed by atoms with Gasteiger partial charge >= 0.3 is 0 Å². The average molecular weight is 151 g/mol. The van der Waals surface area contributed by atoms with E-state index in [-0.39, 0.29) is 0 Å². The maximum Gasteiger partial charge on any atom is 0.129 e. The Kier molecular flexibility index (Phi) is 2.78. The fourth-order valence-electron chi connectivity index (χ4n) is 0.855. The summed E-state index contributed by atoms with van der Waals surface area (Å²) in [5.41, 5.74) is 0.667. The maximum absolute atomic E-state index is 13.0. The highest BCUT2D eigenvalue weighted by Gasteiger charge is 2.05. The monoisotopic (exact) mass is 151 g/mol. The van der Waals surface area contributed by atoms with E-state index in [4.69, 9.17) is 0 Å². The summed E-state index contributed by atoms with van der Waals surface area (Å²) in [6.45, 7) is 3.47. The summed E-state index contributed by atoms with van der Waals surface area (Å²) in [6.07, 6.45) is 4.18. The molecular formula is C9H10FN. The highest BCUT2D eigenvalue weighted by atomic mass is 19.1. The summed E-state index contributed by atoms with van der Waals surface area (Å²) in [5, 5.41) is 0. The first kappa shape index (κ1) is 7.92. The third-order valence-electron chi connectivity index (χ3n) is 1.44. The summed E-state index contributed by atoms with van der Waals surface area (Å²) in [5.74, 6) is 0. The van der Waals surface area contributed by atoms with Crippen molar-refractivity contribution < 1.29 is 4.39 Å². The van der Waals surface area contributed by atoms with Gasteiger partial charge < -0.3 is 0 Å². The van der Waals surface area contributed by atoms with Gasteiger partial charge in [0.05, 0.1) is 0 Å². The van der Waals surface area contributed by atoms with Crippen LogP contribution in [-0.2, 0) is 0 Å². The van der Waals surface area contributed by atoms with E-state index in [2.05, 4.69) is 11.6 Å². The summed E-state index contributed by atoms with van der Waals surface area (Å²) >= 11 is 0. The molecule has 0 aliphatic rings. The third kappa shape index (κ3) is 2.15. The summed E-state index contributed by atoms with van der Waals surface area (Å²) in [7, 11) is 0. The molecule has 0 fully saturated rings. The molecule has 1 aromatic heterocycles. The number of hydrogen-bond acceptors (Lipinski definition) is 1. The molecule has 58 valence electrons. The molecule has 0 amide bonds. The molecule has 1 atom stereocenters. The number of rotatable bonds is 3. The van der Waals surface area contributed by atoms with Crippen LogP contribution in [0.5, 0.6) is 0 Å². The number of halogens is 1. The number of nitrogens with zero attached hydrogens (tertiary/aromatic N) is 1. The number of allylic oxidation sites excluding steroid dienone is 1. The van der Waals surface area contributed by atoms with Crippen LogP contribution < -0.4 is 0 Å². The molecule has 1 unspecified atom stereocenters. The van der Waals surface area contributed by atoms with Gasteiger partial charge in [0.2, 0.25) is 0 Å². The van der Waals surface area contributed by atoms with E-state index < -0.39 is 6.17 Å². The fraction of sp³-hybridized carbons (Fsp3) is 0.222. The maximum atomic E-state index is 13.0. The second kappa shape index (κ2) is 3.86. The average Bonchev–Trinajstić information content (AvgIpc) is 2.07. The van der Waals surface area contributed by atoms with Gasteiger partial charge in [-0.05, 0) is 17.7 Å². The van der Waals surface area contributed by atoms with Gasteiger partial charge in [-0.2, -0.15) is 0 Å². The van der Waals surface area contributed by atoms with E-state index in [1.807, 2.05) is 0 Å². The fourth-order valence-corrected chi connectivity index (χ4v) is 0.855. The van der Waals surface area contributed by atoms with Crippen molar-refractivity contribution >= 4 is 0 Å². The van der Waals surface area contributed by atoms with Crippen LogP contribution >= 0.6 is 0 Å². The summed E-state index contributed by atoms with van der Waals surface area (Å²) < 4.78 is 13.0. The number of aromatic nitrogens is 1. The van der Waals surface area contributed by atoms with Gasteiger partial charge in [-0.25, -0.2) is 4.39 Å². The molecule has 2 heteroatoms. The first-order valence-corrected chi connectivity index (χ1v) is 3.49. The van der Waals surface area contributed by atoms with Gasteiger partial charge in [0.1, 0.15) is 6.17 Å². The van der Waals surface area contributed by atoms with E-state index >= 15 is 0 Å². The zero-order valence-corrected chi connectivity index (χ0v) is 6.20. The van der Waals surface area contributed by atoms with Crippen molar-refractivity contribution in [3.63, 3.8) is 0 Å². The van der Waals surface area contributed by atoms with E-state index in [0.717, 1.165) is 0 Å². The summed E-state index contributed by atoms with van der Waals surface area (Å²) in [6, 6.07) is 3.35. The minimum Gasteiger partial charge on any atom is -0.265 e. The van der Waals surface area contributed by atoms with E-state index in [9.17, 15) is 4.39 Å². The molecule has 1 heterocycles. The van der Waals surface area contributed by atoms with E-state index in [0.29, 0.717) is 12.0 Å². The summed E-state index contributed by atoms with van der Waals surface area (Å²) in [4.78, 5) is 3.80. The second-order valence-electron chi connectivity index (χ2n) is 2.27. The lowest BCUT2D eigenvalue weighted by atomic mass is 10.1. The minimum atomic E-state index is -0.935. The van der Waals surface area contributed by atoms with Crippen molar-refractivity contribution in [1.82, 2.24) is 4.98 Å². The van der Waals surface area contributed by atoms with Crippen molar-refractivity contribution in [2.24, 2.45) is 0 Å². The van der Waals surface area contributed by atoms with Crippen LogP contribution in [0.25, 0.3) is 0 Å². The Bertz CT molecular complexity index is 220. The lowest BCUT2D eigenvalue weighted by Gasteiger charge is -2.03. The first-order valence-electron chi connectivity index (χ1n) is 3.49. The SMILES string of the molecule is C=CCC(F)c1ccncc1. The molecule has 0 bridgehead atoms. The molecule has 11 heavy (non-hydrogen) atoms. The Morgan fingerprint density at radius 3 is 2.73 bits per heavy atom. The Morgan fingerprint density at radius 1 is 1.55 bits per heavy atom. The van der Waals surface area contributed by atoms with Gasteiger partial charge in [0.25, 0.3) is 0 Å². The van der Waals surface area contributed by atoms with Crippen LogP contribution in [0.2, 0.25) is 0 Å². The molecule has 0 N–H and O–H groups in total. The smallest absolute Gasteiger partial charge is 0.129 e. The molecule has 1 aromatic rings.